The molecule has 1 amide bonds. The number of hydrogen-bond donors (Lipinski definition) is 0. The summed E-state index contributed by atoms with van der Waals surface area (Å²) in [6.07, 6.45) is 2.13. The van der Waals surface area contributed by atoms with Crippen LogP contribution in [0.25, 0.3) is 0 Å². The fourth-order valence-electron chi connectivity index (χ4n) is 0.0677. The average Bonchev–Trinajstić information content (AvgIpc) is 1.62. The maximum Gasteiger partial charge on any atom is 0.326 e. The topological polar surface area (TPSA) is 54.5 Å². The van der Waals surface area contributed by atoms with Crippen LogP contribution in [0.15, 0.2) is 0 Å². The van der Waals surface area contributed by atoms with Gasteiger partial charge < -0.3 is 0 Å². The molecular weight excluding hydrogens is 130 g/mol. The van der Waals surface area contributed by atoms with Gasteiger partial charge >= 0.3 is 6.41 Å². The lowest BCUT2D eigenvalue weighted by Gasteiger charge is -2.02. The van der Waals surface area contributed by atoms with Crippen molar-refractivity contribution < 1.29 is 13.2 Å². The van der Waals surface area contributed by atoms with Crippen molar-refractivity contribution in [3.63, 3.8) is 0 Å². The predicted octanol–water partition coefficient (Wildman–Crippen LogP) is -1.05. The Kier molecular flexibility index (Phi) is 1.97. The molecule has 0 aliphatic heterocycles. The van der Waals surface area contributed by atoms with Crippen LogP contribution in [0.4, 0.5) is 0 Å². The average molecular weight is 136 g/mol. The van der Waals surface area contributed by atoms with Crippen molar-refractivity contribution in [3.8, 4) is 0 Å². The van der Waals surface area contributed by atoms with E-state index in [9.17, 15) is 13.2 Å². The number of amides is 1. The number of nitrogens with zero attached hydrogens (tertiary/aromatic N) is 1. The molecule has 8 heavy (non-hydrogen) atoms. The predicted molar refractivity (Wildman–Crippen MR) is 28.3 cm³/mol. The van der Waals surface area contributed by atoms with Gasteiger partial charge in [-0.05, 0) is 0 Å². The van der Waals surface area contributed by atoms with Crippen LogP contribution in [0, 0.1) is 0 Å². The summed E-state index contributed by atoms with van der Waals surface area (Å²) in [7, 11) is -2.22. The molecule has 0 aromatic heterocycles. The van der Waals surface area contributed by atoms with Gasteiger partial charge in [-0.15, -0.1) is 0 Å². The second-order valence-corrected chi connectivity index (χ2v) is 3.34. The summed E-state index contributed by atoms with van der Waals surface area (Å²) < 4.78 is 20.9. The molecule has 1 radical (unpaired) electrons. The van der Waals surface area contributed by atoms with E-state index in [-0.39, 0.29) is 0 Å². The Labute approximate surface area is 48.2 Å². The Morgan fingerprint density at radius 1 is 1.50 bits per heavy atom. The van der Waals surface area contributed by atoms with Crippen LogP contribution in [-0.2, 0) is 14.8 Å². The Bertz CT molecular complexity index is 171. The Morgan fingerprint density at radius 3 is 1.88 bits per heavy atom. The molecule has 0 bridgehead atoms. The van der Waals surface area contributed by atoms with Crippen molar-refractivity contribution in [3.05, 3.63) is 0 Å². The first-order valence-electron chi connectivity index (χ1n) is 1.80. The van der Waals surface area contributed by atoms with Gasteiger partial charge in [-0.3, -0.25) is 4.79 Å². The number of rotatable bonds is 2. The highest BCUT2D eigenvalue weighted by Crippen LogP contribution is 1.84. The summed E-state index contributed by atoms with van der Waals surface area (Å²) in [5.41, 5.74) is 0. The summed E-state index contributed by atoms with van der Waals surface area (Å²) in [4.78, 5) is 9.57. The molecule has 0 rings (SSSR count). The normalized spacial score (nSPS) is 10.8. The van der Waals surface area contributed by atoms with Crippen molar-refractivity contribution >= 4 is 16.4 Å². The molecule has 0 saturated carbocycles. The van der Waals surface area contributed by atoms with E-state index in [0.29, 0.717) is 4.31 Å². The van der Waals surface area contributed by atoms with Gasteiger partial charge in [-0.1, -0.05) is 0 Å². The second-order valence-electron chi connectivity index (χ2n) is 1.32. The molecule has 0 aromatic carbocycles. The molecule has 47 valence electrons. The fourth-order valence-corrected chi connectivity index (χ4v) is 0.203. The SMILES string of the molecule is CN([C]=O)S(C)(=O)=O. The maximum absolute atomic E-state index is 10.2. The van der Waals surface area contributed by atoms with E-state index >= 15 is 0 Å². The molecule has 5 heteroatoms. The minimum absolute atomic E-state index is 0.479. The summed E-state index contributed by atoms with van der Waals surface area (Å²) >= 11 is 0. The van der Waals surface area contributed by atoms with Crippen molar-refractivity contribution in [1.29, 1.82) is 0 Å². The lowest BCUT2D eigenvalue weighted by molar-refractivity contribution is 0.501. The molecule has 0 atom stereocenters. The molecular formula is C3H6NO3S. The minimum atomic E-state index is -3.34. The highest BCUT2D eigenvalue weighted by atomic mass is 32.2. The molecule has 0 fully saturated rings. The van der Waals surface area contributed by atoms with E-state index in [0.717, 1.165) is 13.3 Å². The Hall–Kier alpha value is -0.580. The van der Waals surface area contributed by atoms with Gasteiger partial charge in [0.2, 0.25) is 10.0 Å². The number of sulfonamides is 1. The van der Waals surface area contributed by atoms with Crippen LogP contribution < -0.4 is 0 Å². The minimum Gasteiger partial charge on any atom is -0.262 e. The van der Waals surface area contributed by atoms with Crippen LogP contribution >= 0.6 is 0 Å². The van der Waals surface area contributed by atoms with Crippen molar-refractivity contribution in [2.45, 2.75) is 0 Å². The van der Waals surface area contributed by atoms with E-state index in [2.05, 4.69) is 0 Å². The van der Waals surface area contributed by atoms with Gasteiger partial charge in [0.05, 0.1) is 6.26 Å². The summed E-state index contributed by atoms with van der Waals surface area (Å²) in [6.45, 7) is 0. The van der Waals surface area contributed by atoms with Gasteiger partial charge in [-0.2, -0.15) is 0 Å². The van der Waals surface area contributed by atoms with Crippen LogP contribution in [0.5, 0.6) is 0 Å². The quantitative estimate of drug-likeness (QED) is 0.455. The summed E-state index contributed by atoms with van der Waals surface area (Å²) in [6, 6.07) is 0. The van der Waals surface area contributed by atoms with Crippen LogP contribution in [0.1, 0.15) is 0 Å². The third kappa shape index (κ3) is 1.92. The van der Waals surface area contributed by atoms with Crippen molar-refractivity contribution in [1.82, 2.24) is 4.31 Å². The largest absolute Gasteiger partial charge is 0.326 e. The molecule has 4 nitrogen and oxygen atoms in total. The van der Waals surface area contributed by atoms with Crippen molar-refractivity contribution in [2.75, 3.05) is 13.3 Å². The zero-order valence-electron chi connectivity index (χ0n) is 4.58. The highest BCUT2D eigenvalue weighted by molar-refractivity contribution is 7.88. The Morgan fingerprint density at radius 2 is 1.88 bits per heavy atom. The molecule has 0 aliphatic carbocycles. The van der Waals surface area contributed by atoms with Crippen LogP contribution in [-0.4, -0.2) is 32.4 Å². The van der Waals surface area contributed by atoms with E-state index < -0.39 is 10.0 Å². The monoisotopic (exact) mass is 136 g/mol. The maximum atomic E-state index is 10.2. The molecule has 0 heterocycles. The molecule has 0 spiro atoms. The smallest absolute Gasteiger partial charge is 0.262 e. The number of carbonyl (C=O) groups excluding carboxylic acids is 1. The van der Waals surface area contributed by atoms with E-state index in [1.165, 1.54) is 6.41 Å². The molecule has 0 aliphatic rings. The highest BCUT2D eigenvalue weighted by Gasteiger charge is 2.06. The molecule has 0 N–H and O–H groups in total. The van der Waals surface area contributed by atoms with E-state index in [1.54, 1.807) is 0 Å². The van der Waals surface area contributed by atoms with Gasteiger partial charge in [0.15, 0.2) is 0 Å². The molecule has 0 aromatic rings. The first-order valence-corrected chi connectivity index (χ1v) is 3.65. The van der Waals surface area contributed by atoms with E-state index in [1.807, 2.05) is 0 Å². The van der Waals surface area contributed by atoms with Gasteiger partial charge in [0.25, 0.3) is 0 Å². The number of hydrogen-bond acceptors (Lipinski definition) is 3. The summed E-state index contributed by atoms with van der Waals surface area (Å²) in [5, 5.41) is 0. The van der Waals surface area contributed by atoms with Gasteiger partial charge in [-0.25, -0.2) is 12.7 Å². The van der Waals surface area contributed by atoms with Crippen LogP contribution in [0.3, 0.4) is 0 Å². The Balaban J connectivity index is 4.26. The third-order valence-corrected chi connectivity index (χ3v) is 1.70. The molecule has 0 saturated heterocycles. The summed E-state index contributed by atoms with van der Waals surface area (Å²) in [5.74, 6) is 0. The molecule has 0 unspecified atom stereocenters. The standard InChI is InChI=1S/C3H6NO3S/c1-4(3-5)8(2,6)7/h1-2H3. The van der Waals surface area contributed by atoms with Gasteiger partial charge in [0.1, 0.15) is 0 Å². The zero-order valence-corrected chi connectivity index (χ0v) is 5.40. The first kappa shape index (κ1) is 7.42. The lowest BCUT2D eigenvalue weighted by atomic mass is 11.2. The van der Waals surface area contributed by atoms with Gasteiger partial charge in [0, 0.05) is 7.05 Å². The zero-order chi connectivity index (χ0) is 6.78. The van der Waals surface area contributed by atoms with Crippen molar-refractivity contribution in [2.24, 2.45) is 0 Å². The lowest BCUT2D eigenvalue weighted by Crippen LogP contribution is -2.23. The third-order valence-electron chi connectivity index (χ3n) is 0.626. The fraction of sp³-hybridized carbons (Fsp3) is 0.667. The van der Waals surface area contributed by atoms with Crippen LogP contribution in [0.2, 0.25) is 0 Å². The second kappa shape index (κ2) is 2.13. The first-order chi connectivity index (χ1) is 3.48. The van der Waals surface area contributed by atoms with E-state index in [4.69, 9.17) is 0 Å².